The molecule has 2 aromatic carbocycles. The van der Waals surface area contributed by atoms with E-state index in [0.29, 0.717) is 29.3 Å². The number of non-ortho nitro benzene ring substituents is 1. The lowest BCUT2D eigenvalue weighted by Gasteiger charge is -2.07. The van der Waals surface area contributed by atoms with Gasteiger partial charge in [0.1, 0.15) is 5.75 Å². The summed E-state index contributed by atoms with van der Waals surface area (Å²) in [7, 11) is 0. The molecule has 0 atom stereocenters. The van der Waals surface area contributed by atoms with Crippen LogP contribution >= 0.6 is 0 Å². The summed E-state index contributed by atoms with van der Waals surface area (Å²) < 4.78 is 5.33. The average molecular weight is 398 g/mol. The van der Waals surface area contributed by atoms with Gasteiger partial charge in [-0.15, -0.1) is 0 Å². The topological polar surface area (TPSA) is 123 Å². The second-order valence-corrected chi connectivity index (χ2v) is 6.04. The molecular weight excluding hydrogens is 376 g/mol. The standard InChI is InChI=1S/C20H22N4O5/c1-3-29-18-10-6-16(7-11-18)21-19(25)12-13-20(26)23-22-14(2)15-4-8-17(9-5-15)24(27)28/h4-11H,3,12-13H2,1-2H3,(H,21,25)(H,23,26). The van der Waals surface area contributed by atoms with Gasteiger partial charge >= 0.3 is 0 Å². The van der Waals surface area contributed by atoms with Crippen molar-refractivity contribution in [1.82, 2.24) is 5.43 Å². The predicted octanol–water partition coefficient (Wildman–Crippen LogP) is 3.25. The molecule has 0 fully saturated rings. The minimum absolute atomic E-state index is 0.00510. The molecule has 0 saturated heterocycles. The Hall–Kier alpha value is -3.75. The molecule has 0 aliphatic rings. The van der Waals surface area contributed by atoms with Crippen molar-refractivity contribution in [3.05, 3.63) is 64.2 Å². The smallest absolute Gasteiger partial charge is 0.269 e. The van der Waals surface area contributed by atoms with E-state index in [9.17, 15) is 19.7 Å². The molecule has 0 heterocycles. The van der Waals surface area contributed by atoms with Gasteiger partial charge in [-0.1, -0.05) is 0 Å². The fourth-order valence-corrected chi connectivity index (χ4v) is 2.34. The van der Waals surface area contributed by atoms with Gasteiger partial charge in [0.05, 0.1) is 17.2 Å². The molecule has 0 aliphatic carbocycles. The molecule has 0 aromatic heterocycles. The third kappa shape index (κ3) is 7.06. The molecule has 9 nitrogen and oxygen atoms in total. The zero-order valence-corrected chi connectivity index (χ0v) is 16.2. The lowest BCUT2D eigenvalue weighted by molar-refractivity contribution is -0.384. The highest BCUT2D eigenvalue weighted by Gasteiger charge is 2.09. The number of nitrogens with zero attached hydrogens (tertiary/aromatic N) is 2. The van der Waals surface area contributed by atoms with Crippen LogP contribution in [-0.4, -0.2) is 29.1 Å². The van der Waals surface area contributed by atoms with E-state index in [1.165, 1.54) is 12.1 Å². The third-order valence-electron chi connectivity index (χ3n) is 3.87. The van der Waals surface area contributed by atoms with Crippen molar-refractivity contribution in [2.45, 2.75) is 26.7 Å². The van der Waals surface area contributed by atoms with E-state index in [2.05, 4.69) is 15.8 Å². The summed E-state index contributed by atoms with van der Waals surface area (Å²) in [6.07, 6.45) is -0.0228. The van der Waals surface area contributed by atoms with Crippen molar-refractivity contribution in [3.63, 3.8) is 0 Å². The van der Waals surface area contributed by atoms with Crippen LogP contribution in [0.4, 0.5) is 11.4 Å². The third-order valence-corrected chi connectivity index (χ3v) is 3.87. The van der Waals surface area contributed by atoms with Crippen LogP contribution in [0.5, 0.6) is 5.75 Å². The Bertz CT molecular complexity index is 892. The number of hydrazone groups is 1. The monoisotopic (exact) mass is 398 g/mol. The first-order chi connectivity index (χ1) is 13.9. The summed E-state index contributed by atoms with van der Waals surface area (Å²) >= 11 is 0. The van der Waals surface area contributed by atoms with E-state index < -0.39 is 10.8 Å². The maximum atomic E-state index is 12.0. The Morgan fingerprint density at radius 3 is 2.24 bits per heavy atom. The summed E-state index contributed by atoms with van der Waals surface area (Å²) in [5.41, 5.74) is 4.11. The van der Waals surface area contributed by atoms with Crippen molar-refractivity contribution in [3.8, 4) is 5.75 Å². The van der Waals surface area contributed by atoms with Gasteiger partial charge in [-0.05, 0) is 55.8 Å². The zero-order valence-electron chi connectivity index (χ0n) is 16.2. The molecule has 2 aromatic rings. The molecule has 0 saturated carbocycles. The number of hydrogen-bond acceptors (Lipinski definition) is 6. The normalized spacial score (nSPS) is 10.9. The minimum Gasteiger partial charge on any atom is -0.494 e. The predicted molar refractivity (Wildman–Crippen MR) is 109 cm³/mol. The van der Waals surface area contributed by atoms with E-state index in [1.807, 2.05) is 6.92 Å². The largest absolute Gasteiger partial charge is 0.494 e. The molecule has 2 rings (SSSR count). The summed E-state index contributed by atoms with van der Waals surface area (Å²) in [4.78, 5) is 34.0. The Morgan fingerprint density at radius 2 is 1.66 bits per heavy atom. The first kappa shape index (κ1) is 21.5. The fourth-order valence-electron chi connectivity index (χ4n) is 2.34. The van der Waals surface area contributed by atoms with Gasteiger partial charge in [-0.2, -0.15) is 5.10 Å². The molecular formula is C20H22N4O5. The van der Waals surface area contributed by atoms with Gasteiger partial charge in [-0.25, -0.2) is 5.43 Å². The average Bonchev–Trinajstić information content (AvgIpc) is 2.72. The van der Waals surface area contributed by atoms with E-state index in [-0.39, 0.29) is 24.4 Å². The molecule has 2 amide bonds. The lowest BCUT2D eigenvalue weighted by Crippen LogP contribution is -2.21. The number of benzene rings is 2. The second kappa shape index (κ2) is 10.5. The molecule has 0 radical (unpaired) electrons. The highest BCUT2D eigenvalue weighted by atomic mass is 16.6. The Kier molecular flexibility index (Phi) is 7.84. The van der Waals surface area contributed by atoms with Crippen LogP contribution in [0.25, 0.3) is 0 Å². The van der Waals surface area contributed by atoms with Crippen molar-refractivity contribution in [1.29, 1.82) is 0 Å². The van der Waals surface area contributed by atoms with E-state index in [0.717, 1.165) is 0 Å². The number of ether oxygens (including phenoxy) is 1. The molecule has 0 aliphatic heterocycles. The fraction of sp³-hybridized carbons (Fsp3) is 0.250. The number of nitro benzene ring substituents is 1. The maximum Gasteiger partial charge on any atom is 0.269 e. The van der Waals surface area contributed by atoms with E-state index in [1.54, 1.807) is 43.3 Å². The van der Waals surface area contributed by atoms with Gasteiger partial charge < -0.3 is 10.1 Å². The van der Waals surface area contributed by atoms with Gasteiger partial charge in [0.15, 0.2) is 0 Å². The Labute approximate surface area is 167 Å². The van der Waals surface area contributed by atoms with Gasteiger partial charge in [0.25, 0.3) is 5.69 Å². The Balaban J connectivity index is 1.78. The van der Waals surface area contributed by atoms with Crippen molar-refractivity contribution in [2.75, 3.05) is 11.9 Å². The van der Waals surface area contributed by atoms with Gasteiger partial charge in [0.2, 0.25) is 11.8 Å². The number of nitrogens with one attached hydrogen (secondary N) is 2. The van der Waals surface area contributed by atoms with E-state index >= 15 is 0 Å². The second-order valence-electron chi connectivity index (χ2n) is 6.04. The van der Waals surface area contributed by atoms with Crippen LogP contribution in [-0.2, 0) is 9.59 Å². The number of amides is 2. The van der Waals surface area contributed by atoms with E-state index in [4.69, 9.17) is 4.74 Å². The van der Waals surface area contributed by atoms with Crippen LogP contribution in [0.1, 0.15) is 32.3 Å². The summed E-state index contributed by atoms with van der Waals surface area (Å²) in [6.45, 7) is 4.12. The van der Waals surface area contributed by atoms with Gasteiger partial charge in [0, 0.05) is 30.7 Å². The van der Waals surface area contributed by atoms with Crippen LogP contribution < -0.4 is 15.5 Å². The molecule has 0 spiro atoms. The van der Waals surface area contributed by atoms with Crippen LogP contribution in [0.15, 0.2) is 53.6 Å². The highest BCUT2D eigenvalue weighted by Crippen LogP contribution is 2.16. The molecule has 9 heteroatoms. The van der Waals surface area contributed by atoms with Gasteiger partial charge in [-0.3, -0.25) is 19.7 Å². The molecule has 2 N–H and O–H groups in total. The van der Waals surface area contributed by atoms with Crippen molar-refractivity contribution in [2.24, 2.45) is 5.10 Å². The summed E-state index contributed by atoms with van der Waals surface area (Å²) in [6, 6.07) is 12.8. The zero-order chi connectivity index (χ0) is 21.2. The maximum absolute atomic E-state index is 12.0. The van der Waals surface area contributed by atoms with Crippen molar-refractivity contribution >= 4 is 28.9 Å². The molecule has 29 heavy (non-hydrogen) atoms. The summed E-state index contributed by atoms with van der Waals surface area (Å²) in [5.74, 6) is 0.0135. The lowest BCUT2D eigenvalue weighted by atomic mass is 10.1. The van der Waals surface area contributed by atoms with Crippen LogP contribution in [0.3, 0.4) is 0 Å². The number of carbonyl (C=O) groups excluding carboxylic acids is 2. The number of anilines is 1. The first-order valence-electron chi connectivity index (χ1n) is 8.99. The highest BCUT2D eigenvalue weighted by molar-refractivity contribution is 5.99. The number of nitro groups is 1. The minimum atomic E-state index is -0.490. The van der Waals surface area contributed by atoms with Crippen LogP contribution in [0, 0.1) is 10.1 Å². The summed E-state index contributed by atoms with van der Waals surface area (Å²) in [5, 5.41) is 17.3. The Morgan fingerprint density at radius 1 is 1.03 bits per heavy atom. The molecule has 0 unspecified atom stereocenters. The molecule has 152 valence electrons. The quantitative estimate of drug-likeness (QED) is 0.381. The molecule has 0 bridgehead atoms. The SMILES string of the molecule is CCOc1ccc(NC(=O)CCC(=O)NN=C(C)c2ccc([N+](=O)[O-])cc2)cc1. The first-order valence-corrected chi connectivity index (χ1v) is 8.99. The number of rotatable bonds is 9. The number of hydrogen-bond donors (Lipinski definition) is 2. The van der Waals surface area contributed by atoms with Crippen LogP contribution in [0.2, 0.25) is 0 Å². The number of carbonyl (C=O) groups is 2. The van der Waals surface area contributed by atoms with Crippen molar-refractivity contribution < 1.29 is 19.2 Å².